The van der Waals surface area contributed by atoms with E-state index in [1.54, 1.807) is 7.11 Å². The van der Waals surface area contributed by atoms with Crippen LogP contribution in [-0.2, 0) is 19.8 Å². The van der Waals surface area contributed by atoms with Gasteiger partial charge in [0.15, 0.2) is 0 Å². The first kappa shape index (κ1) is 15.0. The number of fused-ring (bicyclic) bond motifs is 2. The smallest absolute Gasteiger partial charge is 0.338 e. The van der Waals surface area contributed by atoms with Gasteiger partial charge in [-0.2, -0.15) is 10.1 Å². The molecule has 7 heteroatoms. The number of esters is 1. The summed E-state index contributed by atoms with van der Waals surface area (Å²) < 4.78 is 12.5. The third kappa shape index (κ3) is 2.29. The van der Waals surface area contributed by atoms with Crippen LogP contribution in [0.4, 0.5) is 5.95 Å². The van der Waals surface area contributed by atoms with E-state index in [4.69, 9.17) is 9.47 Å². The summed E-state index contributed by atoms with van der Waals surface area (Å²) in [6, 6.07) is 0. The van der Waals surface area contributed by atoms with Crippen molar-refractivity contribution in [1.82, 2.24) is 14.8 Å². The van der Waals surface area contributed by atoms with Crippen LogP contribution in [0.2, 0.25) is 0 Å². The summed E-state index contributed by atoms with van der Waals surface area (Å²) in [6.07, 6.45) is 6.55. The summed E-state index contributed by atoms with van der Waals surface area (Å²) in [5, 5.41) is 7.56. The summed E-state index contributed by atoms with van der Waals surface area (Å²) in [5.74, 6) is 0.382. The largest absolute Gasteiger partial charge is 0.463 e. The number of nitrogens with zero attached hydrogens (tertiary/aromatic N) is 3. The molecule has 0 amide bonds. The van der Waals surface area contributed by atoms with Crippen LogP contribution >= 0.6 is 0 Å². The summed E-state index contributed by atoms with van der Waals surface area (Å²) in [7, 11) is 1.62. The van der Waals surface area contributed by atoms with E-state index in [1.165, 1.54) is 12.7 Å². The van der Waals surface area contributed by atoms with Crippen molar-refractivity contribution in [2.75, 3.05) is 25.6 Å². The Bertz CT molecular complexity index is 587. The zero-order valence-electron chi connectivity index (χ0n) is 13.1. The van der Waals surface area contributed by atoms with Gasteiger partial charge in [-0.3, -0.25) is 0 Å². The van der Waals surface area contributed by atoms with E-state index in [-0.39, 0.29) is 5.97 Å². The monoisotopic (exact) mass is 306 g/mol. The molecule has 1 fully saturated rings. The van der Waals surface area contributed by atoms with E-state index >= 15 is 0 Å². The standard InChI is InChI=1S/C15H22N4O3/c1-3-22-13(20)12-11(9-21-2)18-14-16-10-17-19(14)15(12)7-5-4-6-8-15/h10H,3-9H2,1-2H3,(H,16,17,18). The van der Waals surface area contributed by atoms with Gasteiger partial charge in [0.1, 0.15) is 11.9 Å². The fraction of sp³-hybridized carbons (Fsp3) is 0.667. The third-order valence-electron chi connectivity index (χ3n) is 4.43. The second-order valence-corrected chi connectivity index (χ2v) is 5.72. The predicted octanol–water partition coefficient (Wildman–Crippen LogP) is 1.83. The maximum atomic E-state index is 12.7. The molecule has 1 spiro atoms. The summed E-state index contributed by atoms with van der Waals surface area (Å²) in [4.78, 5) is 16.9. The van der Waals surface area contributed by atoms with Crippen molar-refractivity contribution in [3.63, 3.8) is 0 Å². The number of ether oxygens (including phenoxy) is 2. The topological polar surface area (TPSA) is 78.3 Å². The number of carbonyl (C=O) groups is 1. The molecular formula is C15H22N4O3. The number of anilines is 1. The molecule has 0 unspecified atom stereocenters. The van der Waals surface area contributed by atoms with Crippen molar-refractivity contribution >= 4 is 11.9 Å². The van der Waals surface area contributed by atoms with Crippen molar-refractivity contribution in [3.8, 4) is 0 Å². The van der Waals surface area contributed by atoms with Crippen LogP contribution in [0.5, 0.6) is 0 Å². The molecule has 1 aromatic heterocycles. The molecule has 1 aromatic rings. The maximum absolute atomic E-state index is 12.7. The summed E-state index contributed by atoms with van der Waals surface area (Å²) >= 11 is 0. The molecule has 1 saturated carbocycles. The van der Waals surface area contributed by atoms with E-state index in [1.807, 2.05) is 11.6 Å². The number of methoxy groups -OCH3 is 1. The van der Waals surface area contributed by atoms with Crippen molar-refractivity contribution in [1.29, 1.82) is 0 Å². The highest BCUT2D eigenvalue weighted by molar-refractivity contribution is 5.93. The molecule has 0 radical (unpaired) electrons. The molecule has 2 aliphatic rings. The van der Waals surface area contributed by atoms with Crippen LogP contribution in [-0.4, -0.2) is 41.1 Å². The SMILES string of the molecule is CCOC(=O)C1=C(COC)Nc2ncnn2C12CCCCC2. The number of hydrogen-bond donors (Lipinski definition) is 1. The Morgan fingerprint density at radius 1 is 1.41 bits per heavy atom. The van der Waals surface area contributed by atoms with Crippen LogP contribution in [0.1, 0.15) is 39.0 Å². The Balaban J connectivity index is 2.13. The molecule has 22 heavy (non-hydrogen) atoms. The lowest BCUT2D eigenvalue weighted by molar-refractivity contribution is -0.140. The van der Waals surface area contributed by atoms with E-state index in [0.29, 0.717) is 24.7 Å². The van der Waals surface area contributed by atoms with Gasteiger partial charge < -0.3 is 14.8 Å². The first-order chi connectivity index (χ1) is 10.7. The van der Waals surface area contributed by atoms with Crippen molar-refractivity contribution in [2.45, 2.75) is 44.6 Å². The highest BCUT2D eigenvalue weighted by Gasteiger charge is 2.48. The highest BCUT2D eigenvalue weighted by Crippen LogP contribution is 2.45. The quantitative estimate of drug-likeness (QED) is 0.855. The average Bonchev–Trinajstić information content (AvgIpc) is 2.98. The molecule has 120 valence electrons. The molecule has 7 nitrogen and oxygen atoms in total. The minimum Gasteiger partial charge on any atom is -0.463 e. The summed E-state index contributed by atoms with van der Waals surface area (Å²) in [6.45, 7) is 2.49. The van der Waals surface area contributed by atoms with Crippen molar-refractivity contribution < 1.29 is 14.3 Å². The molecule has 1 aliphatic carbocycles. The second-order valence-electron chi connectivity index (χ2n) is 5.72. The number of aromatic nitrogens is 3. The van der Waals surface area contributed by atoms with Crippen molar-refractivity contribution in [3.05, 3.63) is 17.6 Å². The lowest BCUT2D eigenvalue weighted by Crippen LogP contribution is -2.47. The minimum atomic E-state index is -0.463. The molecule has 0 aromatic carbocycles. The van der Waals surface area contributed by atoms with Gasteiger partial charge in [0, 0.05) is 7.11 Å². The Labute approximate surface area is 129 Å². The molecule has 1 aliphatic heterocycles. The number of hydrogen-bond acceptors (Lipinski definition) is 6. The third-order valence-corrected chi connectivity index (χ3v) is 4.43. The molecular weight excluding hydrogens is 284 g/mol. The van der Waals surface area contributed by atoms with Gasteiger partial charge in [0.05, 0.1) is 24.5 Å². The molecule has 3 rings (SSSR count). The van der Waals surface area contributed by atoms with E-state index < -0.39 is 5.54 Å². The predicted molar refractivity (Wildman–Crippen MR) is 80.2 cm³/mol. The highest BCUT2D eigenvalue weighted by atomic mass is 16.5. The second kappa shape index (κ2) is 6.08. The van der Waals surface area contributed by atoms with E-state index in [0.717, 1.165) is 31.4 Å². The number of carbonyl (C=O) groups excluding carboxylic acids is 1. The summed E-state index contributed by atoms with van der Waals surface area (Å²) in [5.41, 5.74) is 0.923. The molecule has 0 saturated heterocycles. The van der Waals surface area contributed by atoms with Crippen LogP contribution in [0.15, 0.2) is 17.6 Å². The number of nitrogens with one attached hydrogen (secondary N) is 1. The van der Waals surface area contributed by atoms with Gasteiger partial charge in [0.2, 0.25) is 5.95 Å². The zero-order valence-corrected chi connectivity index (χ0v) is 13.1. The van der Waals surface area contributed by atoms with Gasteiger partial charge in [-0.05, 0) is 19.8 Å². The van der Waals surface area contributed by atoms with Gasteiger partial charge in [-0.15, -0.1) is 0 Å². The van der Waals surface area contributed by atoms with E-state index in [9.17, 15) is 4.79 Å². The van der Waals surface area contributed by atoms with Gasteiger partial charge in [-0.25, -0.2) is 9.48 Å². The Kier molecular flexibility index (Phi) is 4.15. The Morgan fingerprint density at radius 3 is 2.86 bits per heavy atom. The molecule has 0 atom stereocenters. The van der Waals surface area contributed by atoms with Crippen molar-refractivity contribution in [2.24, 2.45) is 0 Å². The Morgan fingerprint density at radius 2 is 2.18 bits per heavy atom. The molecule has 2 heterocycles. The first-order valence-corrected chi connectivity index (χ1v) is 7.80. The first-order valence-electron chi connectivity index (χ1n) is 7.80. The van der Waals surface area contributed by atoms with E-state index in [2.05, 4.69) is 15.4 Å². The van der Waals surface area contributed by atoms with Gasteiger partial charge in [-0.1, -0.05) is 19.3 Å². The number of rotatable bonds is 4. The molecule has 0 bridgehead atoms. The fourth-order valence-corrected chi connectivity index (χ4v) is 3.59. The van der Waals surface area contributed by atoms with Crippen LogP contribution in [0.25, 0.3) is 0 Å². The fourth-order valence-electron chi connectivity index (χ4n) is 3.59. The minimum absolute atomic E-state index is 0.287. The maximum Gasteiger partial charge on any atom is 0.338 e. The zero-order chi connectivity index (χ0) is 15.6. The van der Waals surface area contributed by atoms with Gasteiger partial charge >= 0.3 is 5.97 Å². The van der Waals surface area contributed by atoms with Crippen LogP contribution < -0.4 is 5.32 Å². The normalized spacial score (nSPS) is 19.7. The average molecular weight is 306 g/mol. The molecule has 1 N–H and O–H groups in total. The van der Waals surface area contributed by atoms with Crippen LogP contribution in [0.3, 0.4) is 0 Å². The lowest BCUT2D eigenvalue weighted by atomic mass is 9.74. The van der Waals surface area contributed by atoms with Crippen LogP contribution in [0, 0.1) is 0 Å². The van der Waals surface area contributed by atoms with Gasteiger partial charge in [0.25, 0.3) is 0 Å². The lowest BCUT2D eigenvalue weighted by Gasteiger charge is -2.42. The Hall–Kier alpha value is -1.89.